The van der Waals surface area contributed by atoms with Crippen molar-refractivity contribution in [1.29, 1.82) is 0 Å². The van der Waals surface area contributed by atoms with E-state index in [4.69, 9.17) is 16.2 Å². The zero-order valence-corrected chi connectivity index (χ0v) is 8.62. The maximum Gasteiger partial charge on any atom is 0.316 e. The van der Waals surface area contributed by atoms with Gasteiger partial charge in [0.2, 0.25) is 0 Å². The van der Waals surface area contributed by atoms with Crippen molar-refractivity contribution in [3.63, 3.8) is 0 Å². The Balaban J connectivity index is 2.38. The number of hydrogen-bond acceptors (Lipinski definition) is 4. The highest BCUT2D eigenvalue weighted by Gasteiger charge is 2.52. The molecule has 1 aliphatic carbocycles. The van der Waals surface area contributed by atoms with Gasteiger partial charge in [0.1, 0.15) is 0 Å². The van der Waals surface area contributed by atoms with Gasteiger partial charge in [0.05, 0.1) is 23.9 Å². The quantitative estimate of drug-likeness (QED) is 0.560. The zero-order chi connectivity index (χ0) is 11.1. The Bertz CT molecular complexity index is 411. The molecule has 0 aliphatic heterocycles. The van der Waals surface area contributed by atoms with E-state index in [0.717, 1.165) is 18.4 Å². The van der Waals surface area contributed by atoms with Crippen LogP contribution in [0.3, 0.4) is 0 Å². The van der Waals surface area contributed by atoms with Gasteiger partial charge >= 0.3 is 5.97 Å². The third-order valence-corrected chi connectivity index (χ3v) is 2.97. The molecule has 15 heavy (non-hydrogen) atoms. The molecule has 1 saturated carbocycles. The lowest BCUT2D eigenvalue weighted by Gasteiger charge is -2.14. The van der Waals surface area contributed by atoms with E-state index in [1.807, 2.05) is 6.07 Å². The lowest BCUT2D eigenvalue weighted by atomic mass is 9.95. The van der Waals surface area contributed by atoms with Crippen molar-refractivity contribution in [2.75, 3.05) is 18.6 Å². The van der Waals surface area contributed by atoms with Crippen LogP contribution in [0, 0.1) is 0 Å². The number of nitrogen functional groups attached to an aromatic ring is 2. The van der Waals surface area contributed by atoms with Crippen LogP contribution in [0.15, 0.2) is 18.2 Å². The Hall–Kier alpha value is -1.71. The van der Waals surface area contributed by atoms with Crippen LogP contribution in [0.5, 0.6) is 0 Å². The smallest absolute Gasteiger partial charge is 0.316 e. The number of rotatable bonds is 2. The van der Waals surface area contributed by atoms with E-state index in [1.165, 1.54) is 7.11 Å². The Labute approximate surface area is 88.2 Å². The molecule has 1 aliphatic rings. The molecule has 4 nitrogen and oxygen atoms in total. The van der Waals surface area contributed by atoms with Gasteiger partial charge in [0, 0.05) is 0 Å². The van der Waals surface area contributed by atoms with Crippen molar-refractivity contribution in [3.8, 4) is 0 Å². The van der Waals surface area contributed by atoms with Crippen LogP contribution in [0.1, 0.15) is 18.4 Å². The van der Waals surface area contributed by atoms with E-state index in [9.17, 15) is 4.79 Å². The van der Waals surface area contributed by atoms with Crippen LogP contribution in [0.4, 0.5) is 11.4 Å². The minimum Gasteiger partial charge on any atom is -0.468 e. The van der Waals surface area contributed by atoms with Gasteiger partial charge in [0.15, 0.2) is 0 Å². The van der Waals surface area contributed by atoms with Crippen molar-refractivity contribution >= 4 is 17.3 Å². The molecule has 0 radical (unpaired) electrons. The third-order valence-electron chi connectivity index (χ3n) is 2.97. The summed E-state index contributed by atoms with van der Waals surface area (Å²) in [5.41, 5.74) is 12.8. The van der Waals surface area contributed by atoms with E-state index >= 15 is 0 Å². The van der Waals surface area contributed by atoms with Crippen LogP contribution in [0.25, 0.3) is 0 Å². The molecular weight excluding hydrogens is 192 g/mol. The molecule has 0 atom stereocenters. The summed E-state index contributed by atoms with van der Waals surface area (Å²) in [4.78, 5) is 11.6. The van der Waals surface area contributed by atoms with Crippen LogP contribution in [-0.2, 0) is 14.9 Å². The first kappa shape index (κ1) is 9.83. The fourth-order valence-corrected chi connectivity index (χ4v) is 1.80. The van der Waals surface area contributed by atoms with Gasteiger partial charge < -0.3 is 16.2 Å². The SMILES string of the molecule is COC(=O)C1(c2ccc(N)c(N)c2)CC1. The number of carbonyl (C=O) groups excluding carboxylic acids is 1. The van der Waals surface area contributed by atoms with E-state index in [-0.39, 0.29) is 5.97 Å². The molecule has 1 aromatic rings. The number of ether oxygens (including phenoxy) is 1. The fourth-order valence-electron chi connectivity index (χ4n) is 1.80. The Morgan fingerprint density at radius 3 is 2.47 bits per heavy atom. The van der Waals surface area contributed by atoms with Gasteiger partial charge in [-0.25, -0.2) is 0 Å². The number of methoxy groups -OCH3 is 1. The summed E-state index contributed by atoms with van der Waals surface area (Å²) in [7, 11) is 1.41. The van der Waals surface area contributed by atoms with E-state index < -0.39 is 5.41 Å². The van der Waals surface area contributed by atoms with E-state index in [0.29, 0.717) is 11.4 Å². The number of hydrogen-bond donors (Lipinski definition) is 2. The first-order valence-electron chi connectivity index (χ1n) is 4.84. The molecule has 4 N–H and O–H groups in total. The molecular formula is C11H14N2O2. The van der Waals surface area contributed by atoms with Crippen LogP contribution in [0.2, 0.25) is 0 Å². The summed E-state index contributed by atoms with van der Waals surface area (Å²) in [6.45, 7) is 0. The monoisotopic (exact) mass is 206 g/mol. The molecule has 4 heteroatoms. The standard InChI is InChI=1S/C11H14N2O2/c1-15-10(14)11(4-5-11)7-2-3-8(12)9(13)6-7/h2-3,6H,4-5,12-13H2,1H3. The first-order chi connectivity index (χ1) is 7.10. The zero-order valence-electron chi connectivity index (χ0n) is 8.62. The molecule has 2 rings (SSSR count). The highest BCUT2D eigenvalue weighted by Crippen LogP contribution is 2.49. The minimum absolute atomic E-state index is 0.188. The number of esters is 1. The summed E-state index contributed by atoms with van der Waals surface area (Å²) >= 11 is 0. The predicted molar refractivity (Wildman–Crippen MR) is 58.2 cm³/mol. The predicted octanol–water partition coefficient (Wildman–Crippen LogP) is 1.06. The maximum absolute atomic E-state index is 11.6. The summed E-state index contributed by atoms with van der Waals surface area (Å²) in [6.07, 6.45) is 1.64. The summed E-state index contributed by atoms with van der Waals surface area (Å²) in [5, 5.41) is 0. The lowest BCUT2D eigenvalue weighted by Crippen LogP contribution is -2.22. The molecule has 0 saturated heterocycles. The van der Waals surface area contributed by atoms with E-state index in [1.54, 1.807) is 12.1 Å². The fraction of sp³-hybridized carbons (Fsp3) is 0.364. The minimum atomic E-state index is -0.462. The molecule has 0 heterocycles. The Morgan fingerprint density at radius 1 is 1.33 bits per heavy atom. The summed E-state index contributed by atoms with van der Waals surface area (Å²) in [5.74, 6) is -0.188. The molecule has 0 aromatic heterocycles. The van der Waals surface area contributed by atoms with Gasteiger partial charge in [-0.1, -0.05) is 6.07 Å². The van der Waals surface area contributed by atoms with Crippen molar-refractivity contribution < 1.29 is 9.53 Å². The molecule has 0 amide bonds. The second-order valence-corrected chi connectivity index (χ2v) is 3.92. The van der Waals surface area contributed by atoms with Crippen LogP contribution < -0.4 is 11.5 Å². The van der Waals surface area contributed by atoms with Crippen molar-refractivity contribution in [2.45, 2.75) is 18.3 Å². The number of anilines is 2. The molecule has 1 aromatic carbocycles. The van der Waals surface area contributed by atoms with Gasteiger partial charge in [-0.15, -0.1) is 0 Å². The summed E-state index contributed by atoms with van der Waals surface area (Å²) < 4.78 is 4.79. The first-order valence-corrected chi connectivity index (χ1v) is 4.84. The average molecular weight is 206 g/mol. The second-order valence-electron chi connectivity index (χ2n) is 3.92. The maximum atomic E-state index is 11.6. The third kappa shape index (κ3) is 1.42. The number of benzene rings is 1. The van der Waals surface area contributed by atoms with Crippen molar-refractivity contribution in [2.24, 2.45) is 0 Å². The Morgan fingerprint density at radius 2 is 2.00 bits per heavy atom. The normalized spacial score (nSPS) is 17.1. The largest absolute Gasteiger partial charge is 0.468 e. The second kappa shape index (κ2) is 3.15. The number of carbonyl (C=O) groups is 1. The van der Waals surface area contributed by atoms with Gasteiger partial charge in [0.25, 0.3) is 0 Å². The van der Waals surface area contributed by atoms with Crippen molar-refractivity contribution in [3.05, 3.63) is 23.8 Å². The highest BCUT2D eigenvalue weighted by atomic mass is 16.5. The average Bonchev–Trinajstić information content (AvgIpc) is 3.02. The van der Waals surface area contributed by atoms with Gasteiger partial charge in [-0.05, 0) is 30.5 Å². The lowest BCUT2D eigenvalue weighted by molar-refractivity contribution is -0.143. The Kier molecular flexibility index (Phi) is 2.07. The van der Waals surface area contributed by atoms with Crippen LogP contribution in [-0.4, -0.2) is 13.1 Å². The molecule has 0 spiro atoms. The van der Waals surface area contributed by atoms with Crippen molar-refractivity contribution in [1.82, 2.24) is 0 Å². The number of nitrogens with two attached hydrogens (primary N) is 2. The van der Waals surface area contributed by atoms with E-state index in [2.05, 4.69) is 0 Å². The highest BCUT2D eigenvalue weighted by molar-refractivity contribution is 5.87. The van der Waals surface area contributed by atoms with Gasteiger partial charge in [-0.2, -0.15) is 0 Å². The topological polar surface area (TPSA) is 78.3 Å². The van der Waals surface area contributed by atoms with Gasteiger partial charge in [-0.3, -0.25) is 4.79 Å². The molecule has 0 unspecified atom stereocenters. The molecule has 1 fully saturated rings. The van der Waals surface area contributed by atoms with Crippen LogP contribution >= 0.6 is 0 Å². The molecule has 80 valence electrons. The summed E-state index contributed by atoms with van der Waals surface area (Å²) in [6, 6.07) is 5.34. The molecule has 0 bridgehead atoms.